The smallest absolute Gasteiger partial charge is 0.238 e. The molecule has 103 heavy (non-hydrogen) atoms. The maximum atomic E-state index is 12.2. The van der Waals surface area contributed by atoms with Crippen molar-refractivity contribution in [3.8, 4) is 160 Å². The van der Waals surface area contributed by atoms with E-state index in [2.05, 4.69) is 0 Å². The summed E-state index contributed by atoms with van der Waals surface area (Å²) in [4.78, 5) is 48.2. The van der Waals surface area contributed by atoms with E-state index < -0.39 is 79.6 Å². The number of phenolic OH excluding ortho intramolecular Hbond substituents is 19. The van der Waals surface area contributed by atoms with Crippen molar-refractivity contribution in [3.63, 3.8) is 0 Å². The van der Waals surface area contributed by atoms with Crippen LogP contribution in [0.4, 0.5) is 0 Å². The number of aromatic hydroxyl groups is 22. The molecule has 0 spiro atoms. The van der Waals surface area contributed by atoms with Gasteiger partial charge in [-0.3, -0.25) is 19.2 Å². The van der Waals surface area contributed by atoms with E-state index in [-0.39, 0.29) is 136 Å². The highest BCUT2D eigenvalue weighted by Crippen LogP contribution is 2.43. The lowest BCUT2D eigenvalue weighted by molar-refractivity contribution is 0.104. The third-order valence-corrected chi connectivity index (χ3v) is 14.5. The number of benzene rings is 10. The van der Waals surface area contributed by atoms with Crippen LogP contribution >= 0.6 is 0 Å². The van der Waals surface area contributed by atoms with Crippen LogP contribution in [0.3, 0.4) is 0 Å². The third-order valence-electron chi connectivity index (χ3n) is 14.5. The zero-order chi connectivity index (χ0) is 75.0. The number of carbonyl (C=O) groups excluding carboxylic acids is 1. The van der Waals surface area contributed by atoms with Crippen molar-refractivity contribution >= 4 is 56.9 Å². The topological polar surface area (TPSA) is 553 Å². The van der Waals surface area contributed by atoms with Crippen molar-refractivity contribution in [2.45, 2.75) is 0 Å². The fourth-order valence-corrected chi connectivity index (χ4v) is 9.51. The van der Waals surface area contributed by atoms with E-state index in [0.717, 1.165) is 42.5 Å². The second-order valence-corrected chi connectivity index (χ2v) is 21.8. The molecule has 0 bridgehead atoms. The molecule has 0 saturated carbocycles. The Hall–Kier alpha value is -15.4. The minimum absolute atomic E-state index is 0.0247. The lowest BCUT2D eigenvalue weighted by Crippen LogP contribution is -2.03. The summed E-state index contributed by atoms with van der Waals surface area (Å²) in [6.45, 7) is 0. The van der Waals surface area contributed by atoms with Gasteiger partial charge in [-0.1, -0.05) is 30.4 Å². The van der Waals surface area contributed by atoms with Crippen molar-refractivity contribution in [2.75, 3.05) is 0 Å². The van der Waals surface area contributed by atoms with Gasteiger partial charge in [-0.2, -0.15) is 0 Å². The maximum Gasteiger partial charge on any atom is 0.238 e. The molecule has 0 atom stereocenters. The lowest BCUT2D eigenvalue weighted by Gasteiger charge is -2.09. The highest BCUT2D eigenvalue weighted by atomic mass is 16.4. The second-order valence-electron chi connectivity index (χ2n) is 21.8. The standard InChI is InChI=1S/C15H10O8.2C15H10O6.C15H12O5.C14H12O4/c16-6-3-7(17)11-10(4-6)23-15(14(22)13(11)21)5-1-8(18)12(20)9(19)2-5;16-8-2-3-9-12(6-8)21-15(14(20)13(9)19)7-1-4-10(17)11(18)5-7;16-8-3-1-7(2-4-8)15-14(20)13(19)12-10(18)5-9(17)6-11(12)21-15;16-10-3-4-11(14(19)8-10)12(17)5-1-9-2-6-13(18)15(20)7-9;15-11-5-10(6-12(16)8-11)2-1-9-3-4-13(17)14(18)7-9/h1-4,16-20,22H;2*1-6,16-18,20H;1-8,16,18-20H;1-8,15-18H/b;;;5-1+;2-1+. The van der Waals surface area contributed by atoms with Crippen molar-refractivity contribution in [3.05, 3.63) is 229 Å². The number of rotatable bonds is 8. The van der Waals surface area contributed by atoms with E-state index in [4.69, 9.17) is 28.6 Å². The van der Waals surface area contributed by atoms with Crippen LogP contribution in [0, 0.1) is 0 Å². The molecule has 524 valence electrons. The molecule has 3 heterocycles. The van der Waals surface area contributed by atoms with Crippen LogP contribution in [-0.2, 0) is 0 Å². The molecule has 0 aliphatic heterocycles. The predicted octanol–water partition coefficient (Wildman–Crippen LogP) is 11.3. The van der Waals surface area contributed by atoms with E-state index >= 15 is 0 Å². The average molecular weight is 1410 g/mol. The van der Waals surface area contributed by atoms with Gasteiger partial charge in [-0.05, 0) is 138 Å². The Balaban J connectivity index is 0.000000150. The van der Waals surface area contributed by atoms with Gasteiger partial charge in [0.15, 0.2) is 74.8 Å². The zero-order valence-corrected chi connectivity index (χ0v) is 52.2. The summed E-state index contributed by atoms with van der Waals surface area (Å²) in [7, 11) is 0. The summed E-state index contributed by atoms with van der Waals surface area (Å²) >= 11 is 0. The van der Waals surface area contributed by atoms with E-state index in [0.29, 0.717) is 22.3 Å². The molecule has 0 fully saturated rings. The Kier molecular flexibility index (Phi) is 20.9. The predicted molar refractivity (Wildman–Crippen MR) is 368 cm³/mol. The molecule has 3 aromatic heterocycles. The monoisotopic (exact) mass is 1410 g/mol. The highest BCUT2D eigenvalue weighted by molar-refractivity contribution is 6.08. The fourth-order valence-electron chi connectivity index (χ4n) is 9.51. The lowest BCUT2D eigenvalue weighted by atomic mass is 10.1. The van der Waals surface area contributed by atoms with Gasteiger partial charge in [-0.15, -0.1) is 0 Å². The SMILES string of the molecule is O=C(/C=C/c1ccc(O)c(O)c1)c1ccc(O)cc1O.O=c1c(O)c(-c2cc(O)c(O)c(O)c2)oc2cc(O)cc(O)c12.O=c1c(O)c(-c2ccc(O)c(O)c2)oc2cc(O)ccc12.O=c1c(O)c(-c2ccc(O)cc2)oc2cc(O)cc(O)c12.Oc1cc(O)cc(/C=C/c2ccc(O)c(O)c2)c1. The van der Waals surface area contributed by atoms with E-state index in [9.17, 15) is 116 Å². The number of phenols is 19. The van der Waals surface area contributed by atoms with E-state index in [1.807, 2.05) is 0 Å². The van der Waals surface area contributed by atoms with Crippen LogP contribution in [0.15, 0.2) is 204 Å². The van der Waals surface area contributed by atoms with Gasteiger partial charge >= 0.3 is 0 Å². The molecule has 29 nitrogen and oxygen atoms in total. The first kappa shape index (κ1) is 71.9. The Morgan fingerprint density at radius 1 is 0.262 bits per heavy atom. The quantitative estimate of drug-likeness (QED) is 0.0291. The van der Waals surface area contributed by atoms with Gasteiger partial charge in [0.2, 0.25) is 33.5 Å². The van der Waals surface area contributed by atoms with Crippen molar-refractivity contribution in [2.24, 2.45) is 0 Å². The fraction of sp³-hybridized carbons (Fsp3) is 0. The summed E-state index contributed by atoms with van der Waals surface area (Å²) in [6, 6.07) is 35.8. The first-order chi connectivity index (χ1) is 48.7. The molecule has 0 aliphatic carbocycles. The highest BCUT2D eigenvalue weighted by Gasteiger charge is 2.23. The Labute approximate surface area is 574 Å². The zero-order valence-electron chi connectivity index (χ0n) is 52.2. The molecule has 22 N–H and O–H groups in total. The third kappa shape index (κ3) is 16.5. The first-order valence-corrected chi connectivity index (χ1v) is 29.2. The molecule has 10 aromatic carbocycles. The van der Waals surface area contributed by atoms with Crippen LogP contribution in [0.1, 0.15) is 27.0 Å². The van der Waals surface area contributed by atoms with Crippen molar-refractivity contribution in [1.82, 2.24) is 0 Å². The minimum Gasteiger partial charge on any atom is -0.508 e. The molecule has 0 unspecified atom stereocenters. The number of hydrogen-bond acceptors (Lipinski definition) is 29. The van der Waals surface area contributed by atoms with Crippen LogP contribution < -0.4 is 16.3 Å². The average Bonchev–Trinajstić information content (AvgIpc) is 0.783. The maximum absolute atomic E-state index is 12.2. The van der Waals surface area contributed by atoms with E-state index in [1.165, 1.54) is 133 Å². The number of hydrogen-bond donors (Lipinski definition) is 22. The molecular weight excluding hydrogens is 1350 g/mol. The van der Waals surface area contributed by atoms with Gasteiger partial charge in [0.25, 0.3) is 0 Å². The normalized spacial score (nSPS) is 10.9. The molecule has 0 saturated heterocycles. The van der Waals surface area contributed by atoms with E-state index in [1.54, 1.807) is 18.2 Å². The summed E-state index contributed by atoms with van der Waals surface area (Å²) in [5.74, 6) is -9.35. The van der Waals surface area contributed by atoms with Gasteiger partial charge < -0.3 is 126 Å². The Morgan fingerprint density at radius 3 is 1.17 bits per heavy atom. The molecule has 0 aliphatic rings. The largest absolute Gasteiger partial charge is 0.508 e. The second kappa shape index (κ2) is 29.9. The van der Waals surface area contributed by atoms with Gasteiger partial charge in [0, 0.05) is 59.2 Å². The molecule has 29 heteroatoms. The molecule has 0 amide bonds. The van der Waals surface area contributed by atoms with Gasteiger partial charge in [-0.25, -0.2) is 0 Å². The van der Waals surface area contributed by atoms with Crippen molar-refractivity contribution in [1.29, 1.82) is 0 Å². The van der Waals surface area contributed by atoms with Gasteiger partial charge in [0.1, 0.15) is 85.0 Å². The van der Waals surface area contributed by atoms with Crippen LogP contribution in [-0.4, -0.2) is 118 Å². The van der Waals surface area contributed by atoms with Crippen LogP contribution in [0.25, 0.3) is 85.1 Å². The van der Waals surface area contributed by atoms with Gasteiger partial charge in [0.05, 0.1) is 10.9 Å². The molecule has 13 aromatic rings. The number of allylic oxidation sites excluding steroid dienone is 1. The minimum atomic E-state index is -0.967. The summed E-state index contributed by atoms with van der Waals surface area (Å²) in [5, 5.41) is 208. The number of fused-ring (bicyclic) bond motifs is 3. The molecule has 0 radical (unpaired) electrons. The number of ketones is 1. The molecular formula is C74H54O29. The summed E-state index contributed by atoms with van der Waals surface area (Å²) in [6.07, 6.45) is 6.02. The van der Waals surface area contributed by atoms with Crippen LogP contribution in [0.2, 0.25) is 0 Å². The number of carbonyl (C=O) groups is 1. The Morgan fingerprint density at radius 2 is 0.650 bits per heavy atom. The molecule has 13 rings (SSSR count). The summed E-state index contributed by atoms with van der Waals surface area (Å²) in [5.41, 5.74) is -0.232. The Bertz CT molecular complexity index is 5670. The van der Waals surface area contributed by atoms with Crippen molar-refractivity contribution < 1.29 is 130 Å². The first-order valence-electron chi connectivity index (χ1n) is 29.2. The van der Waals surface area contributed by atoms with Crippen LogP contribution in [0.5, 0.6) is 126 Å². The summed E-state index contributed by atoms with van der Waals surface area (Å²) < 4.78 is 16.1.